The fourth-order valence-electron chi connectivity index (χ4n) is 1.94. The van der Waals surface area contributed by atoms with Gasteiger partial charge < -0.3 is 24.6 Å². The summed E-state index contributed by atoms with van der Waals surface area (Å²) in [5, 5.41) is 14.8. The SMILES string of the molecule is CCN(CC)CCCOc1c(C=O)cccc1OC.O=C(O)C(=O)O. The Hall–Kier alpha value is -2.61. The Bertz CT molecular complexity index is 544. The van der Waals surface area contributed by atoms with Gasteiger partial charge in [0.05, 0.1) is 19.3 Å². The first-order chi connectivity index (χ1) is 11.9. The first kappa shape index (κ1) is 22.4. The first-order valence-corrected chi connectivity index (χ1v) is 7.84. The summed E-state index contributed by atoms with van der Waals surface area (Å²) in [6, 6.07) is 5.31. The Morgan fingerprint density at radius 1 is 1.16 bits per heavy atom. The van der Waals surface area contributed by atoms with Crippen molar-refractivity contribution in [2.75, 3.05) is 33.4 Å². The monoisotopic (exact) mass is 355 g/mol. The van der Waals surface area contributed by atoms with Crippen LogP contribution in [-0.4, -0.2) is 66.7 Å². The minimum Gasteiger partial charge on any atom is -0.493 e. The third-order valence-electron chi connectivity index (χ3n) is 3.30. The number of aldehydes is 1. The summed E-state index contributed by atoms with van der Waals surface area (Å²) < 4.78 is 10.9. The fourth-order valence-corrected chi connectivity index (χ4v) is 1.94. The fraction of sp³-hybridized carbons (Fsp3) is 0.471. The quantitative estimate of drug-likeness (QED) is 0.391. The number of nitrogens with zero attached hydrogens (tertiary/aromatic N) is 1. The van der Waals surface area contributed by atoms with Crippen LogP contribution in [0.1, 0.15) is 30.6 Å². The van der Waals surface area contributed by atoms with E-state index < -0.39 is 11.9 Å². The van der Waals surface area contributed by atoms with E-state index in [0.29, 0.717) is 23.7 Å². The summed E-state index contributed by atoms with van der Waals surface area (Å²) in [5.74, 6) is -2.50. The third-order valence-corrected chi connectivity index (χ3v) is 3.30. The Kier molecular flexibility index (Phi) is 11.4. The molecule has 0 spiro atoms. The standard InChI is InChI=1S/C15H23NO3.C2H2O4/c1-4-16(5-2)10-7-11-19-15-13(12-17)8-6-9-14(15)18-3;3-1(4)2(5)6/h6,8-9,12H,4-5,7,10-11H2,1-3H3;(H,3,4)(H,5,6). The summed E-state index contributed by atoms with van der Waals surface area (Å²) in [4.78, 5) is 31.5. The van der Waals surface area contributed by atoms with Crippen LogP contribution in [-0.2, 0) is 9.59 Å². The Labute approximate surface area is 147 Å². The number of hydrogen-bond donors (Lipinski definition) is 2. The molecular weight excluding hydrogens is 330 g/mol. The maximum Gasteiger partial charge on any atom is 0.414 e. The highest BCUT2D eigenvalue weighted by atomic mass is 16.5. The molecular formula is C17H25NO7. The molecule has 0 aromatic heterocycles. The normalized spacial score (nSPS) is 9.76. The molecule has 0 aliphatic heterocycles. The zero-order valence-electron chi connectivity index (χ0n) is 14.7. The van der Waals surface area contributed by atoms with E-state index in [-0.39, 0.29) is 0 Å². The maximum absolute atomic E-state index is 11.0. The van der Waals surface area contributed by atoms with Gasteiger partial charge >= 0.3 is 11.9 Å². The van der Waals surface area contributed by atoms with Gasteiger partial charge in [0.25, 0.3) is 0 Å². The van der Waals surface area contributed by atoms with E-state index >= 15 is 0 Å². The average Bonchev–Trinajstić information content (AvgIpc) is 2.62. The molecule has 0 heterocycles. The largest absolute Gasteiger partial charge is 0.493 e. The van der Waals surface area contributed by atoms with Crippen molar-refractivity contribution in [1.29, 1.82) is 0 Å². The second kappa shape index (κ2) is 12.8. The van der Waals surface area contributed by atoms with Crippen LogP contribution in [0.25, 0.3) is 0 Å². The van der Waals surface area contributed by atoms with Gasteiger partial charge in [-0.3, -0.25) is 4.79 Å². The molecule has 0 fully saturated rings. The van der Waals surface area contributed by atoms with Crippen molar-refractivity contribution < 1.29 is 34.1 Å². The molecule has 0 saturated carbocycles. The number of rotatable bonds is 9. The van der Waals surface area contributed by atoms with Gasteiger partial charge in [-0.2, -0.15) is 0 Å². The molecule has 0 saturated heterocycles. The van der Waals surface area contributed by atoms with Crippen LogP contribution < -0.4 is 9.47 Å². The number of methoxy groups -OCH3 is 1. The second-order valence-corrected chi connectivity index (χ2v) is 4.84. The zero-order chi connectivity index (χ0) is 19.2. The molecule has 25 heavy (non-hydrogen) atoms. The van der Waals surface area contributed by atoms with E-state index in [0.717, 1.165) is 32.3 Å². The van der Waals surface area contributed by atoms with Crippen LogP contribution in [0.5, 0.6) is 11.5 Å². The first-order valence-electron chi connectivity index (χ1n) is 7.84. The number of carboxylic acid groups (broad SMARTS) is 2. The van der Waals surface area contributed by atoms with E-state index in [1.54, 1.807) is 25.3 Å². The molecule has 0 radical (unpaired) electrons. The predicted octanol–water partition coefficient (Wildman–Crippen LogP) is 1.77. The second-order valence-electron chi connectivity index (χ2n) is 4.84. The lowest BCUT2D eigenvalue weighted by Crippen LogP contribution is -2.25. The van der Waals surface area contributed by atoms with E-state index in [4.69, 9.17) is 29.3 Å². The van der Waals surface area contributed by atoms with Crippen LogP contribution in [0.2, 0.25) is 0 Å². The van der Waals surface area contributed by atoms with Crippen molar-refractivity contribution in [3.8, 4) is 11.5 Å². The van der Waals surface area contributed by atoms with Crippen molar-refractivity contribution in [2.24, 2.45) is 0 Å². The van der Waals surface area contributed by atoms with Crippen LogP contribution in [0.3, 0.4) is 0 Å². The highest BCUT2D eigenvalue weighted by Crippen LogP contribution is 2.29. The van der Waals surface area contributed by atoms with Gasteiger partial charge in [-0.25, -0.2) is 9.59 Å². The average molecular weight is 355 g/mol. The topological polar surface area (TPSA) is 113 Å². The van der Waals surface area contributed by atoms with Gasteiger partial charge in [-0.05, 0) is 31.6 Å². The minimum atomic E-state index is -1.82. The Balaban J connectivity index is 0.000000823. The van der Waals surface area contributed by atoms with E-state index in [9.17, 15) is 4.79 Å². The molecule has 0 aliphatic rings. The predicted molar refractivity (Wildman–Crippen MR) is 91.6 cm³/mol. The molecule has 2 N–H and O–H groups in total. The number of hydrogen-bond acceptors (Lipinski definition) is 6. The molecule has 1 rings (SSSR count). The van der Waals surface area contributed by atoms with Crippen molar-refractivity contribution in [2.45, 2.75) is 20.3 Å². The number of carboxylic acids is 2. The number of carbonyl (C=O) groups excluding carboxylic acids is 1. The van der Waals surface area contributed by atoms with Crippen molar-refractivity contribution in [3.63, 3.8) is 0 Å². The number of benzene rings is 1. The molecule has 8 nitrogen and oxygen atoms in total. The van der Waals surface area contributed by atoms with Gasteiger partial charge in [0, 0.05) is 6.54 Å². The molecule has 8 heteroatoms. The summed E-state index contributed by atoms with van der Waals surface area (Å²) in [6.07, 6.45) is 1.72. The van der Waals surface area contributed by atoms with E-state index in [1.165, 1.54) is 0 Å². The molecule has 1 aromatic carbocycles. The van der Waals surface area contributed by atoms with Crippen LogP contribution in [0.4, 0.5) is 0 Å². The lowest BCUT2D eigenvalue weighted by atomic mass is 10.2. The summed E-state index contributed by atoms with van der Waals surface area (Å²) in [6.45, 7) is 7.97. The molecule has 0 unspecified atom stereocenters. The van der Waals surface area contributed by atoms with Crippen LogP contribution in [0, 0.1) is 0 Å². The molecule has 0 atom stereocenters. The third kappa shape index (κ3) is 8.71. The molecule has 140 valence electrons. The summed E-state index contributed by atoms with van der Waals surface area (Å²) in [5.41, 5.74) is 0.530. The van der Waals surface area contributed by atoms with Crippen molar-refractivity contribution in [1.82, 2.24) is 4.90 Å². The Morgan fingerprint density at radius 3 is 2.20 bits per heavy atom. The number of para-hydroxylation sites is 1. The van der Waals surface area contributed by atoms with E-state index in [2.05, 4.69) is 18.7 Å². The smallest absolute Gasteiger partial charge is 0.414 e. The minimum absolute atomic E-state index is 0.530. The van der Waals surface area contributed by atoms with Gasteiger partial charge in [0.1, 0.15) is 0 Å². The zero-order valence-corrected chi connectivity index (χ0v) is 14.7. The Morgan fingerprint density at radius 2 is 1.76 bits per heavy atom. The summed E-state index contributed by atoms with van der Waals surface area (Å²) >= 11 is 0. The number of ether oxygens (including phenoxy) is 2. The highest BCUT2D eigenvalue weighted by Gasteiger charge is 2.10. The number of carbonyl (C=O) groups is 3. The van der Waals surface area contributed by atoms with Crippen LogP contribution >= 0.6 is 0 Å². The highest BCUT2D eigenvalue weighted by molar-refractivity contribution is 6.27. The van der Waals surface area contributed by atoms with Crippen LogP contribution in [0.15, 0.2) is 18.2 Å². The maximum atomic E-state index is 11.0. The number of aliphatic carboxylic acids is 2. The van der Waals surface area contributed by atoms with Gasteiger partial charge in [-0.15, -0.1) is 0 Å². The lowest BCUT2D eigenvalue weighted by Gasteiger charge is -2.18. The summed E-state index contributed by atoms with van der Waals surface area (Å²) in [7, 11) is 1.58. The van der Waals surface area contributed by atoms with Gasteiger partial charge in [-0.1, -0.05) is 19.9 Å². The van der Waals surface area contributed by atoms with Gasteiger partial charge in [0.2, 0.25) is 0 Å². The molecule has 0 amide bonds. The molecule has 0 aliphatic carbocycles. The molecule has 1 aromatic rings. The van der Waals surface area contributed by atoms with Crippen molar-refractivity contribution in [3.05, 3.63) is 23.8 Å². The van der Waals surface area contributed by atoms with E-state index in [1.807, 2.05) is 0 Å². The lowest BCUT2D eigenvalue weighted by molar-refractivity contribution is -0.159. The molecule has 0 bridgehead atoms. The van der Waals surface area contributed by atoms with Gasteiger partial charge in [0.15, 0.2) is 17.8 Å². The van der Waals surface area contributed by atoms with Crippen molar-refractivity contribution >= 4 is 18.2 Å².